The lowest BCUT2D eigenvalue weighted by molar-refractivity contribution is -0.118. The van der Waals surface area contributed by atoms with Gasteiger partial charge < -0.3 is 10.1 Å². The fraction of sp³-hybridized carbons (Fsp3) is 0.529. The van der Waals surface area contributed by atoms with Gasteiger partial charge in [-0.15, -0.1) is 0 Å². The van der Waals surface area contributed by atoms with Crippen LogP contribution in [0.25, 0.3) is 0 Å². The van der Waals surface area contributed by atoms with E-state index in [-0.39, 0.29) is 11.7 Å². The number of ketones is 1. The van der Waals surface area contributed by atoms with E-state index >= 15 is 0 Å². The Kier molecular flexibility index (Phi) is 4.97. The van der Waals surface area contributed by atoms with Crippen molar-refractivity contribution in [2.24, 2.45) is 5.92 Å². The summed E-state index contributed by atoms with van der Waals surface area (Å²) in [6.45, 7) is 7.30. The zero-order chi connectivity index (χ0) is 17.4. The Morgan fingerprint density at radius 1 is 1.30 bits per heavy atom. The molecule has 6 heteroatoms. The summed E-state index contributed by atoms with van der Waals surface area (Å²) in [4.78, 5) is 23.7. The maximum absolute atomic E-state index is 11.9. The molecule has 2 atom stereocenters. The second-order valence-electron chi connectivity index (χ2n) is 7.01. The molecule has 1 N–H and O–H groups in total. The van der Waals surface area contributed by atoms with Gasteiger partial charge in [-0.3, -0.25) is 4.79 Å². The van der Waals surface area contributed by atoms with E-state index in [1.54, 1.807) is 39.8 Å². The summed E-state index contributed by atoms with van der Waals surface area (Å²) in [5.74, 6) is -0.0308. The van der Waals surface area contributed by atoms with Crippen molar-refractivity contribution in [1.29, 1.82) is 0 Å². The van der Waals surface area contributed by atoms with Gasteiger partial charge in [0.25, 0.3) is 0 Å². The van der Waals surface area contributed by atoms with Crippen LogP contribution >= 0.6 is 23.2 Å². The van der Waals surface area contributed by atoms with E-state index in [2.05, 4.69) is 5.32 Å². The first-order chi connectivity index (χ1) is 10.5. The molecule has 1 aromatic rings. The molecule has 1 aliphatic rings. The molecule has 0 spiro atoms. The van der Waals surface area contributed by atoms with Crippen molar-refractivity contribution >= 4 is 35.1 Å². The Labute approximate surface area is 146 Å². The molecule has 23 heavy (non-hydrogen) atoms. The van der Waals surface area contributed by atoms with Gasteiger partial charge in [-0.25, -0.2) is 4.79 Å². The highest BCUT2D eigenvalue weighted by atomic mass is 35.5. The third-order valence-corrected chi connectivity index (χ3v) is 4.75. The van der Waals surface area contributed by atoms with Gasteiger partial charge in [0.05, 0.1) is 10.0 Å². The second kappa shape index (κ2) is 6.33. The van der Waals surface area contributed by atoms with E-state index in [0.717, 1.165) is 5.56 Å². The molecule has 0 aliphatic heterocycles. The van der Waals surface area contributed by atoms with Crippen LogP contribution in [-0.2, 0) is 14.9 Å². The first-order valence-corrected chi connectivity index (χ1v) is 8.23. The van der Waals surface area contributed by atoms with Gasteiger partial charge in [0.2, 0.25) is 0 Å². The number of hydrogen-bond donors (Lipinski definition) is 1. The quantitative estimate of drug-likeness (QED) is 0.870. The van der Waals surface area contributed by atoms with Crippen LogP contribution in [0.5, 0.6) is 0 Å². The van der Waals surface area contributed by atoms with Gasteiger partial charge in [0, 0.05) is 17.9 Å². The van der Waals surface area contributed by atoms with Crippen LogP contribution in [0.4, 0.5) is 4.79 Å². The summed E-state index contributed by atoms with van der Waals surface area (Å²) < 4.78 is 5.25. The van der Waals surface area contributed by atoms with Crippen LogP contribution in [-0.4, -0.2) is 24.0 Å². The van der Waals surface area contributed by atoms with Gasteiger partial charge in [-0.1, -0.05) is 29.3 Å². The lowest BCUT2D eigenvalue weighted by atomic mass is 9.92. The van der Waals surface area contributed by atoms with Crippen molar-refractivity contribution in [2.75, 3.05) is 6.54 Å². The molecule has 2 unspecified atom stereocenters. The molecule has 0 saturated heterocycles. The maximum atomic E-state index is 11.9. The van der Waals surface area contributed by atoms with Gasteiger partial charge >= 0.3 is 6.09 Å². The Morgan fingerprint density at radius 3 is 2.43 bits per heavy atom. The predicted octanol–water partition coefficient (Wildman–Crippen LogP) is 4.36. The molecule has 0 bridgehead atoms. The third kappa shape index (κ3) is 4.18. The average Bonchev–Trinajstić information content (AvgIpc) is 3.14. The number of carbonyl (C=O) groups is 2. The summed E-state index contributed by atoms with van der Waals surface area (Å²) in [6, 6.07) is 5.33. The molecule has 1 aromatic carbocycles. The van der Waals surface area contributed by atoms with Crippen molar-refractivity contribution in [2.45, 2.75) is 45.1 Å². The summed E-state index contributed by atoms with van der Waals surface area (Å²) in [5, 5.41) is 3.67. The number of benzene rings is 1. The molecule has 1 fully saturated rings. The van der Waals surface area contributed by atoms with E-state index in [1.165, 1.54) is 0 Å². The molecule has 0 aromatic heterocycles. The normalized spacial score (nSPS) is 23.3. The fourth-order valence-electron chi connectivity index (χ4n) is 2.80. The minimum Gasteiger partial charge on any atom is -0.444 e. The number of halogens is 2. The van der Waals surface area contributed by atoms with E-state index in [0.29, 0.717) is 23.0 Å². The molecule has 2 rings (SSSR count). The van der Waals surface area contributed by atoms with Crippen molar-refractivity contribution in [3.8, 4) is 0 Å². The summed E-state index contributed by atoms with van der Waals surface area (Å²) in [5.41, 5.74) is -0.0930. The zero-order valence-corrected chi connectivity index (χ0v) is 15.2. The Balaban J connectivity index is 2.16. The first-order valence-electron chi connectivity index (χ1n) is 7.48. The monoisotopic (exact) mass is 357 g/mol. The van der Waals surface area contributed by atoms with Crippen molar-refractivity contribution in [3.63, 3.8) is 0 Å². The molecular formula is C17H21Cl2NO3. The van der Waals surface area contributed by atoms with Crippen LogP contribution < -0.4 is 5.32 Å². The molecule has 126 valence electrons. The zero-order valence-electron chi connectivity index (χ0n) is 13.7. The lowest BCUT2D eigenvalue weighted by Crippen LogP contribution is -2.38. The van der Waals surface area contributed by atoms with Crippen LogP contribution in [0.3, 0.4) is 0 Å². The van der Waals surface area contributed by atoms with Crippen molar-refractivity contribution in [3.05, 3.63) is 33.8 Å². The summed E-state index contributed by atoms with van der Waals surface area (Å²) >= 11 is 12.1. The highest BCUT2D eigenvalue weighted by molar-refractivity contribution is 6.42. The lowest BCUT2D eigenvalue weighted by Gasteiger charge is -2.23. The van der Waals surface area contributed by atoms with Gasteiger partial charge in [0.1, 0.15) is 11.4 Å². The first kappa shape index (κ1) is 18.1. The highest BCUT2D eigenvalue weighted by Gasteiger charge is 2.57. The number of carbonyl (C=O) groups excluding carboxylic acids is 2. The second-order valence-corrected chi connectivity index (χ2v) is 7.82. The minimum atomic E-state index is -0.565. The third-order valence-electron chi connectivity index (χ3n) is 4.01. The number of ether oxygens (including phenoxy) is 1. The number of nitrogens with one attached hydrogen (secondary N) is 1. The SMILES string of the molecule is CC(=O)C1CC1(CNC(=O)OC(C)(C)C)c1ccc(Cl)c(Cl)c1. The summed E-state index contributed by atoms with van der Waals surface area (Å²) in [6.07, 6.45) is 0.182. The van der Waals surface area contributed by atoms with E-state index in [9.17, 15) is 9.59 Å². The number of hydrogen-bond acceptors (Lipinski definition) is 3. The number of amides is 1. The van der Waals surface area contributed by atoms with Crippen molar-refractivity contribution in [1.82, 2.24) is 5.32 Å². The largest absolute Gasteiger partial charge is 0.444 e. The fourth-order valence-corrected chi connectivity index (χ4v) is 3.10. The van der Waals surface area contributed by atoms with Crippen LogP contribution in [0.1, 0.15) is 39.7 Å². The molecule has 1 amide bonds. The smallest absolute Gasteiger partial charge is 0.407 e. The Morgan fingerprint density at radius 2 is 1.96 bits per heavy atom. The van der Waals surface area contributed by atoms with Gasteiger partial charge in [-0.2, -0.15) is 0 Å². The molecule has 1 aliphatic carbocycles. The van der Waals surface area contributed by atoms with Crippen molar-refractivity contribution < 1.29 is 14.3 Å². The Hall–Kier alpha value is -1.26. The number of rotatable bonds is 4. The standard InChI is InChI=1S/C17H21Cl2NO3/c1-10(21)12-8-17(12,9-20-15(22)23-16(2,3)4)11-5-6-13(18)14(19)7-11/h5-7,12H,8-9H2,1-4H3,(H,20,22). The molecule has 4 nitrogen and oxygen atoms in total. The minimum absolute atomic E-state index is 0.0991. The highest BCUT2D eigenvalue weighted by Crippen LogP contribution is 2.55. The van der Waals surface area contributed by atoms with E-state index in [4.69, 9.17) is 27.9 Å². The maximum Gasteiger partial charge on any atom is 0.407 e. The number of alkyl carbamates (subject to hydrolysis) is 1. The van der Waals surface area contributed by atoms with E-state index in [1.807, 2.05) is 6.07 Å². The Bertz CT molecular complexity index is 639. The molecule has 0 radical (unpaired) electrons. The van der Waals surface area contributed by atoms with E-state index < -0.39 is 17.1 Å². The van der Waals surface area contributed by atoms with Crippen LogP contribution in [0, 0.1) is 5.92 Å². The predicted molar refractivity (Wildman–Crippen MR) is 91.2 cm³/mol. The van der Waals surface area contributed by atoms with Crippen LogP contribution in [0.15, 0.2) is 18.2 Å². The van der Waals surface area contributed by atoms with Crippen LogP contribution in [0.2, 0.25) is 10.0 Å². The average molecular weight is 358 g/mol. The van der Waals surface area contributed by atoms with Gasteiger partial charge in [-0.05, 0) is 51.8 Å². The molecule has 0 heterocycles. The molecule has 1 saturated carbocycles. The molecular weight excluding hydrogens is 337 g/mol. The topological polar surface area (TPSA) is 55.4 Å². The summed E-state index contributed by atoms with van der Waals surface area (Å²) in [7, 11) is 0. The van der Waals surface area contributed by atoms with Gasteiger partial charge in [0.15, 0.2) is 0 Å². The number of Topliss-reactive ketones (excluding diaryl/α,β-unsaturated/α-hetero) is 1.